The summed E-state index contributed by atoms with van der Waals surface area (Å²) in [5, 5.41) is 22.2. The second-order valence-corrected chi connectivity index (χ2v) is 4.97. The molecule has 1 aromatic rings. The van der Waals surface area contributed by atoms with Crippen molar-refractivity contribution in [3.63, 3.8) is 0 Å². The number of ether oxygens (including phenoxy) is 1. The molecule has 0 spiro atoms. The summed E-state index contributed by atoms with van der Waals surface area (Å²) in [5.74, 6) is -0.529. The third-order valence-electron chi connectivity index (χ3n) is 3.34. The number of hydrogen-bond donors (Lipinski definition) is 3. The van der Waals surface area contributed by atoms with Gasteiger partial charge in [0, 0.05) is 38.2 Å². The summed E-state index contributed by atoms with van der Waals surface area (Å²) in [4.78, 5) is 10.8. The zero-order valence-corrected chi connectivity index (χ0v) is 10.9. The molecule has 0 aromatic carbocycles. The fourth-order valence-corrected chi connectivity index (χ4v) is 2.19. The molecule has 19 heavy (non-hydrogen) atoms. The number of carboxylic acids is 1. The van der Waals surface area contributed by atoms with Gasteiger partial charge in [-0.3, -0.25) is 0 Å². The summed E-state index contributed by atoms with van der Waals surface area (Å²) in [7, 11) is 0. The molecule has 106 valence electrons. The van der Waals surface area contributed by atoms with Crippen LogP contribution in [0.15, 0.2) is 10.5 Å². The van der Waals surface area contributed by atoms with E-state index in [0.29, 0.717) is 50.5 Å². The van der Waals surface area contributed by atoms with Gasteiger partial charge >= 0.3 is 5.97 Å². The van der Waals surface area contributed by atoms with E-state index in [1.165, 1.54) is 0 Å². The summed E-state index contributed by atoms with van der Waals surface area (Å²) in [6.07, 6.45) is 1.22. The molecule has 0 atom stereocenters. The molecule has 3 N–H and O–H groups in total. The lowest BCUT2D eigenvalue weighted by Crippen LogP contribution is -2.44. The lowest BCUT2D eigenvalue weighted by molar-refractivity contribution is -0.0618. The third kappa shape index (κ3) is 3.56. The lowest BCUT2D eigenvalue weighted by atomic mass is 9.94. The second kappa shape index (κ2) is 5.73. The Kier molecular flexibility index (Phi) is 4.24. The van der Waals surface area contributed by atoms with Crippen LogP contribution in [0.25, 0.3) is 0 Å². The number of carboxylic acid groups (broad SMARTS) is 1. The number of rotatable bonds is 5. The van der Waals surface area contributed by atoms with Crippen molar-refractivity contribution in [3.8, 4) is 0 Å². The number of nitrogens with one attached hydrogen (secondary N) is 1. The maximum absolute atomic E-state index is 10.8. The molecule has 1 aliphatic rings. The van der Waals surface area contributed by atoms with E-state index in [1.54, 1.807) is 13.0 Å². The summed E-state index contributed by atoms with van der Waals surface area (Å²) < 4.78 is 10.4. The van der Waals surface area contributed by atoms with Gasteiger partial charge in [-0.1, -0.05) is 0 Å². The van der Waals surface area contributed by atoms with Gasteiger partial charge in [0.15, 0.2) is 0 Å². The summed E-state index contributed by atoms with van der Waals surface area (Å²) >= 11 is 0. The van der Waals surface area contributed by atoms with E-state index >= 15 is 0 Å². The Balaban J connectivity index is 1.85. The van der Waals surface area contributed by atoms with Gasteiger partial charge in [0.25, 0.3) is 0 Å². The predicted octanol–water partition coefficient (Wildman–Crippen LogP) is 0.917. The van der Waals surface area contributed by atoms with Gasteiger partial charge in [0.2, 0.25) is 5.76 Å². The Morgan fingerprint density at radius 1 is 1.47 bits per heavy atom. The molecule has 6 heteroatoms. The van der Waals surface area contributed by atoms with E-state index < -0.39 is 11.6 Å². The molecular formula is C13H19NO5. The normalized spacial score (nSPS) is 18.4. The van der Waals surface area contributed by atoms with Gasteiger partial charge in [0.05, 0.1) is 12.1 Å². The smallest absolute Gasteiger partial charge is 0.372 e. The largest absolute Gasteiger partial charge is 0.475 e. The van der Waals surface area contributed by atoms with Crippen molar-refractivity contribution in [1.82, 2.24) is 5.32 Å². The van der Waals surface area contributed by atoms with Crippen molar-refractivity contribution >= 4 is 5.97 Å². The monoisotopic (exact) mass is 269 g/mol. The van der Waals surface area contributed by atoms with Gasteiger partial charge < -0.3 is 24.7 Å². The zero-order chi connectivity index (χ0) is 13.9. The Labute approximate surface area is 111 Å². The molecule has 1 fully saturated rings. The molecular weight excluding hydrogens is 250 g/mol. The Bertz CT molecular complexity index is 448. The fraction of sp³-hybridized carbons (Fsp3) is 0.615. The molecule has 0 aliphatic carbocycles. The molecule has 0 radical (unpaired) electrons. The number of furan rings is 1. The number of aromatic carboxylic acids is 1. The van der Waals surface area contributed by atoms with Crippen LogP contribution in [0.3, 0.4) is 0 Å². The van der Waals surface area contributed by atoms with Gasteiger partial charge in [-0.2, -0.15) is 0 Å². The number of aryl methyl sites for hydroxylation is 1. The first-order chi connectivity index (χ1) is 9.00. The average Bonchev–Trinajstić information content (AvgIpc) is 2.71. The first-order valence-electron chi connectivity index (χ1n) is 6.34. The summed E-state index contributed by atoms with van der Waals surface area (Å²) in [6.45, 7) is 3.68. The van der Waals surface area contributed by atoms with Crippen molar-refractivity contribution in [3.05, 3.63) is 23.2 Å². The summed E-state index contributed by atoms with van der Waals surface area (Å²) in [5.41, 5.74) is -0.135. The highest BCUT2D eigenvalue weighted by Crippen LogP contribution is 2.20. The second-order valence-electron chi connectivity index (χ2n) is 4.97. The van der Waals surface area contributed by atoms with Crippen LogP contribution in [0.2, 0.25) is 0 Å². The standard InChI is InChI=1S/C13H19NO5/c1-9-6-10(19-11(9)12(15)16)7-14-8-13(17)2-4-18-5-3-13/h6,14,17H,2-5,7-8H2,1H3,(H,15,16). The van der Waals surface area contributed by atoms with Crippen molar-refractivity contribution in [1.29, 1.82) is 0 Å². The molecule has 0 unspecified atom stereocenters. The van der Waals surface area contributed by atoms with E-state index in [2.05, 4.69) is 5.32 Å². The highest BCUT2D eigenvalue weighted by molar-refractivity contribution is 5.86. The minimum Gasteiger partial charge on any atom is -0.475 e. The molecule has 0 bridgehead atoms. The van der Waals surface area contributed by atoms with Gasteiger partial charge in [0.1, 0.15) is 5.76 Å². The van der Waals surface area contributed by atoms with Crippen LogP contribution in [-0.4, -0.2) is 41.5 Å². The average molecular weight is 269 g/mol. The quantitative estimate of drug-likeness (QED) is 0.736. The zero-order valence-electron chi connectivity index (χ0n) is 10.9. The molecule has 0 saturated carbocycles. The molecule has 1 aliphatic heterocycles. The third-order valence-corrected chi connectivity index (χ3v) is 3.34. The Morgan fingerprint density at radius 2 is 2.16 bits per heavy atom. The van der Waals surface area contributed by atoms with E-state index in [4.69, 9.17) is 14.3 Å². The van der Waals surface area contributed by atoms with Crippen molar-refractivity contribution in [2.75, 3.05) is 19.8 Å². The topological polar surface area (TPSA) is 91.9 Å². The first kappa shape index (κ1) is 14.0. The van der Waals surface area contributed by atoms with Crippen LogP contribution in [0.1, 0.15) is 34.7 Å². The minimum absolute atomic E-state index is 0.0263. The van der Waals surface area contributed by atoms with Crippen LogP contribution in [-0.2, 0) is 11.3 Å². The first-order valence-corrected chi connectivity index (χ1v) is 6.34. The fourth-order valence-electron chi connectivity index (χ4n) is 2.19. The van der Waals surface area contributed by atoms with E-state index in [9.17, 15) is 9.90 Å². The summed E-state index contributed by atoms with van der Waals surface area (Å²) in [6, 6.07) is 1.70. The number of aliphatic hydroxyl groups is 1. The molecule has 0 amide bonds. The van der Waals surface area contributed by atoms with E-state index in [-0.39, 0.29) is 5.76 Å². The number of hydrogen-bond acceptors (Lipinski definition) is 5. The molecule has 2 heterocycles. The van der Waals surface area contributed by atoms with Crippen molar-refractivity contribution in [2.24, 2.45) is 0 Å². The lowest BCUT2D eigenvalue weighted by Gasteiger charge is -2.32. The van der Waals surface area contributed by atoms with Crippen LogP contribution >= 0.6 is 0 Å². The Morgan fingerprint density at radius 3 is 2.74 bits per heavy atom. The van der Waals surface area contributed by atoms with Crippen molar-refractivity contribution in [2.45, 2.75) is 31.9 Å². The van der Waals surface area contributed by atoms with Gasteiger partial charge in [-0.25, -0.2) is 4.79 Å². The number of carbonyl (C=O) groups is 1. The molecule has 1 aromatic heterocycles. The van der Waals surface area contributed by atoms with Gasteiger partial charge in [-0.05, 0) is 13.0 Å². The molecule has 1 saturated heterocycles. The van der Waals surface area contributed by atoms with E-state index in [1.807, 2.05) is 0 Å². The maximum Gasteiger partial charge on any atom is 0.372 e. The van der Waals surface area contributed by atoms with E-state index in [0.717, 1.165) is 0 Å². The molecule has 6 nitrogen and oxygen atoms in total. The predicted molar refractivity (Wildman–Crippen MR) is 67.1 cm³/mol. The molecule has 2 rings (SSSR count). The SMILES string of the molecule is Cc1cc(CNCC2(O)CCOCC2)oc1C(=O)O. The Hall–Kier alpha value is -1.37. The maximum atomic E-state index is 10.8. The van der Waals surface area contributed by atoms with Crippen molar-refractivity contribution < 1.29 is 24.2 Å². The van der Waals surface area contributed by atoms with Crippen LogP contribution in [0, 0.1) is 6.92 Å². The van der Waals surface area contributed by atoms with Crippen LogP contribution in [0.5, 0.6) is 0 Å². The van der Waals surface area contributed by atoms with Crippen LogP contribution < -0.4 is 5.32 Å². The highest BCUT2D eigenvalue weighted by atomic mass is 16.5. The highest BCUT2D eigenvalue weighted by Gasteiger charge is 2.29. The van der Waals surface area contributed by atoms with Crippen LogP contribution in [0.4, 0.5) is 0 Å². The minimum atomic E-state index is -1.06. The van der Waals surface area contributed by atoms with Gasteiger partial charge in [-0.15, -0.1) is 0 Å².